The van der Waals surface area contributed by atoms with Crippen LogP contribution >= 0.6 is 23.4 Å². The van der Waals surface area contributed by atoms with Crippen LogP contribution in [0.2, 0.25) is 5.02 Å². The second-order valence-electron chi connectivity index (χ2n) is 6.99. The Kier molecular flexibility index (Phi) is 6.44. The first-order valence-electron chi connectivity index (χ1n) is 9.73. The molecule has 0 atom stereocenters. The molecule has 2 amide bonds. The van der Waals surface area contributed by atoms with Gasteiger partial charge in [-0.2, -0.15) is 0 Å². The average molecular weight is 450 g/mol. The van der Waals surface area contributed by atoms with Crippen molar-refractivity contribution in [1.29, 1.82) is 0 Å². The van der Waals surface area contributed by atoms with E-state index < -0.39 is 0 Å². The van der Waals surface area contributed by atoms with Crippen LogP contribution in [0, 0.1) is 0 Å². The van der Waals surface area contributed by atoms with Gasteiger partial charge in [0.05, 0.1) is 24.1 Å². The maximum absolute atomic E-state index is 13.4. The molecule has 4 rings (SSSR count). The smallest absolute Gasteiger partial charge is 0.268 e. The number of rotatable bonds is 7. The number of methoxy groups -OCH3 is 1. The summed E-state index contributed by atoms with van der Waals surface area (Å²) in [7, 11) is 1.57. The minimum atomic E-state index is -0.311. The van der Waals surface area contributed by atoms with Gasteiger partial charge in [0.15, 0.2) is 0 Å². The molecule has 6 heteroatoms. The Morgan fingerprint density at radius 3 is 2.26 bits per heavy atom. The van der Waals surface area contributed by atoms with Crippen molar-refractivity contribution < 1.29 is 14.3 Å². The lowest BCUT2D eigenvalue weighted by Crippen LogP contribution is -2.31. The highest BCUT2D eigenvalue weighted by molar-refractivity contribution is 8.03. The second-order valence-corrected chi connectivity index (χ2v) is 8.42. The minimum Gasteiger partial charge on any atom is -0.496 e. The first-order chi connectivity index (χ1) is 15.1. The summed E-state index contributed by atoms with van der Waals surface area (Å²) < 4.78 is 5.40. The average Bonchev–Trinajstić information content (AvgIpc) is 3.03. The van der Waals surface area contributed by atoms with E-state index in [1.807, 2.05) is 54.6 Å². The molecule has 0 saturated carbocycles. The number of nitrogens with zero attached hydrogens (tertiary/aromatic N) is 1. The van der Waals surface area contributed by atoms with Crippen LogP contribution in [0.5, 0.6) is 5.75 Å². The van der Waals surface area contributed by atoms with E-state index >= 15 is 0 Å². The fourth-order valence-electron chi connectivity index (χ4n) is 3.44. The largest absolute Gasteiger partial charge is 0.496 e. The number of amides is 2. The van der Waals surface area contributed by atoms with E-state index in [4.69, 9.17) is 16.3 Å². The fourth-order valence-corrected chi connectivity index (χ4v) is 4.65. The number of thioether (sulfide) groups is 1. The van der Waals surface area contributed by atoms with Gasteiger partial charge in [-0.05, 0) is 29.3 Å². The Balaban J connectivity index is 1.68. The van der Waals surface area contributed by atoms with Crippen molar-refractivity contribution >= 4 is 40.8 Å². The normalized spacial score (nSPS) is 13.8. The summed E-state index contributed by atoms with van der Waals surface area (Å²) in [4.78, 5) is 28.5. The summed E-state index contributed by atoms with van der Waals surface area (Å²) in [6.07, 6.45) is 0. The molecule has 0 aromatic heterocycles. The zero-order chi connectivity index (χ0) is 21.8. The van der Waals surface area contributed by atoms with Gasteiger partial charge < -0.3 is 4.74 Å². The van der Waals surface area contributed by atoms with E-state index in [1.165, 1.54) is 16.7 Å². The third-order valence-corrected chi connectivity index (χ3v) is 6.40. The lowest BCUT2D eigenvalue weighted by molar-refractivity contribution is -0.137. The molecule has 0 N–H and O–H groups in total. The van der Waals surface area contributed by atoms with Crippen LogP contribution in [0.1, 0.15) is 16.7 Å². The number of imide groups is 1. The van der Waals surface area contributed by atoms with Crippen LogP contribution < -0.4 is 4.74 Å². The number of para-hydroxylation sites is 1. The zero-order valence-electron chi connectivity index (χ0n) is 16.9. The van der Waals surface area contributed by atoms with Gasteiger partial charge in [0.1, 0.15) is 5.75 Å². The molecule has 0 aliphatic carbocycles. The topological polar surface area (TPSA) is 46.6 Å². The molecule has 31 heavy (non-hydrogen) atoms. The monoisotopic (exact) mass is 449 g/mol. The maximum atomic E-state index is 13.4. The summed E-state index contributed by atoms with van der Waals surface area (Å²) in [6, 6.07) is 24.3. The van der Waals surface area contributed by atoms with Crippen molar-refractivity contribution in [2.45, 2.75) is 12.3 Å². The van der Waals surface area contributed by atoms with Crippen LogP contribution in [0.15, 0.2) is 83.8 Å². The number of benzene rings is 3. The van der Waals surface area contributed by atoms with Crippen molar-refractivity contribution in [1.82, 2.24) is 4.90 Å². The zero-order valence-corrected chi connectivity index (χ0v) is 18.5. The number of hydrogen-bond acceptors (Lipinski definition) is 4. The fraction of sp³-hybridized carbons (Fsp3) is 0.120. The van der Waals surface area contributed by atoms with E-state index in [0.29, 0.717) is 32.6 Å². The van der Waals surface area contributed by atoms with E-state index in [1.54, 1.807) is 31.4 Å². The van der Waals surface area contributed by atoms with Gasteiger partial charge in [-0.1, -0.05) is 72.3 Å². The molecule has 0 bridgehead atoms. The summed E-state index contributed by atoms with van der Waals surface area (Å²) in [5, 5.41) is 0.575. The lowest BCUT2D eigenvalue weighted by atomic mass is 10.1. The number of hydrogen-bond donors (Lipinski definition) is 0. The quantitative estimate of drug-likeness (QED) is 0.443. The minimum absolute atomic E-state index is 0.147. The molecule has 3 aromatic rings. The molecule has 1 heterocycles. The van der Waals surface area contributed by atoms with Crippen LogP contribution in [0.3, 0.4) is 0 Å². The molecule has 0 fully saturated rings. The predicted octanol–water partition coefficient (Wildman–Crippen LogP) is 5.56. The van der Waals surface area contributed by atoms with Gasteiger partial charge in [-0.3, -0.25) is 14.5 Å². The summed E-state index contributed by atoms with van der Waals surface area (Å²) >= 11 is 7.42. The van der Waals surface area contributed by atoms with Gasteiger partial charge in [-0.25, -0.2) is 0 Å². The van der Waals surface area contributed by atoms with E-state index in [0.717, 1.165) is 11.1 Å². The van der Waals surface area contributed by atoms with Crippen LogP contribution in [-0.4, -0.2) is 23.8 Å². The van der Waals surface area contributed by atoms with Gasteiger partial charge >= 0.3 is 0 Å². The summed E-state index contributed by atoms with van der Waals surface area (Å²) in [6.45, 7) is 0.147. The maximum Gasteiger partial charge on any atom is 0.268 e. The molecule has 1 aliphatic rings. The van der Waals surface area contributed by atoms with Crippen LogP contribution in [-0.2, 0) is 21.9 Å². The Morgan fingerprint density at radius 1 is 0.871 bits per heavy atom. The number of ether oxygens (including phenoxy) is 1. The van der Waals surface area contributed by atoms with Crippen LogP contribution in [0.4, 0.5) is 0 Å². The highest BCUT2D eigenvalue weighted by atomic mass is 35.5. The first kappa shape index (κ1) is 21.2. The molecule has 0 radical (unpaired) electrons. The summed E-state index contributed by atoms with van der Waals surface area (Å²) in [5.41, 5.74) is 2.95. The van der Waals surface area contributed by atoms with Crippen molar-refractivity contribution in [3.63, 3.8) is 0 Å². The number of halogens is 1. The standard InChI is InChI=1S/C25H20ClNO3S/c1-30-21-10-6-5-9-19(21)15-27-24(28)22(18-11-13-20(26)14-12-18)23(25(27)29)31-16-17-7-3-2-4-8-17/h2-14H,15-16H2,1H3. The molecular formula is C25H20ClNO3S. The van der Waals surface area contributed by atoms with Crippen molar-refractivity contribution in [3.05, 3.63) is 105 Å². The number of carbonyl (C=O) groups is 2. The van der Waals surface area contributed by atoms with Gasteiger partial charge in [-0.15, -0.1) is 11.8 Å². The molecule has 3 aromatic carbocycles. The van der Waals surface area contributed by atoms with Gasteiger partial charge in [0.25, 0.3) is 11.8 Å². The molecular weight excluding hydrogens is 430 g/mol. The molecule has 1 aliphatic heterocycles. The van der Waals surface area contributed by atoms with Crippen molar-refractivity contribution in [2.24, 2.45) is 0 Å². The molecule has 4 nitrogen and oxygen atoms in total. The second kappa shape index (κ2) is 9.41. The summed E-state index contributed by atoms with van der Waals surface area (Å²) in [5.74, 6) is 0.631. The molecule has 0 spiro atoms. The Bertz CT molecular complexity index is 1140. The highest BCUT2D eigenvalue weighted by Crippen LogP contribution is 2.39. The van der Waals surface area contributed by atoms with E-state index in [-0.39, 0.29) is 18.4 Å². The third kappa shape index (κ3) is 4.53. The molecule has 0 unspecified atom stereocenters. The Labute approximate surface area is 190 Å². The van der Waals surface area contributed by atoms with Crippen LogP contribution in [0.25, 0.3) is 5.57 Å². The van der Waals surface area contributed by atoms with E-state index in [9.17, 15) is 9.59 Å². The van der Waals surface area contributed by atoms with Gasteiger partial charge in [0.2, 0.25) is 0 Å². The predicted molar refractivity (Wildman–Crippen MR) is 125 cm³/mol. The highest BCUT2D eigenvalue weighted by Gasteiger charge is 2.39. The lowest BCUT2D eigenvalue weighted by Gasteiger charge is -2.17. The van der Waals surface area contributed by atoms with Crippen molar-refractivity contribution in [2.75, 3.05) is 7.11 Å². The third-order valence-electron chi connectivity index (χ3n) is 5.01. The Morgan fingerprint density at radius 2 is 1.55 bits per heavy atom. The molecule has 156 valence electrons. The Hall–Kier alpha value is -3.02. The molecule has 0 saturated heterocycles. The first-order valence-corrected chi connectivity index (χ1v) is 11.1. The number of carbonyl (C=O) groups excluding carboxylic acids is 2. The SMILES string of the molecule is COc1ccccc1CN1C(=O)C(SCc2ccccc2)=C(c2ccc(Cl)cc2)C1=O. The van der Waals surface area contributed by atoms with Crippen molar-refractivity contribution in [3.8, 4) is 5.75 Å². The van der Waals surface area contributed by atoms with Gasteiger partial charge in [0, 0.05) is 16.3 Å². The van der Waals surface area contributed by atoms with E-state index in [2.05, 4.69) is 0 Å².